The van der Waals surface area contributed by atoms with Crippen LogP contribution in [0.15, 0.2) is 0 Å². The van der Waals surface area contributed by atoms with E-state index in [0.717, 1.165) is 0 Å². The van der Waals surface area contributed by atoms with E-state index in [1.165, 1.54) is 0 Å². The average molecular weight is 317 g/mol. The molecular formula is O6P2Tb+2. The van der Waals surface area contributed by atoms with Crippen molar-refractivity contribution < 1.29 is 67.3 Å². The molecule has 0 saturated heterocycles. The van der Waals surface area contributed by atoms with Crippen LogP contribution in [0.5, 0.6) is 0 Å². The fourth-order valence-corrected chi connectivity index (χ4v) is 0. The minimum atomic E-state index is -3.37. The van der Waals surface area contributed by atoms with E-state index in [1.54, 1.807) is 0 Å². The Labute approximate surface area is 83.2 Å². The molecule has 0 unspecified atom stereocenters. The topological polar surface area (TPSA) is 126 Å². The summed E-state index contributed by atoms with van der Waals surface area (Å²) in [4.78, 5) is 33.9. The van der Waals surface area contributed by atoms with E-state index in [1.807, 2.05) is 0 Å². The van der Waals surface area contributed by atoms with Gasteiger partial charge in [-0.05, 0) is 0 Å². The summed E-state index contributed by atoms with van der Waals surface area (Å²) >= 11 is 0. The van der Waals surface area contributed by atoms with Gasteiger partial charge in [0.05, 0.1) is 0 Å². The minimum absolute atomic E-state index is 0. The predicted octanol–water partition coefficient (Wildman–Crippen LogP) is -3.27. The monoisotopic (exact) mass is 317 g/mol. The van der Waals surface area contributed by atoms with Gasteiger partial charge in [-0.15, -0.1) is 0 Å². The van der Waals surface area contributed by atoms with Crippen LogP contribution in [0.4, 0.5) is 0 Å². The Morgan fingerprint density at radius 1 is 0.778 bits per heavy atom. The van der Waals surface area contributed by atoms with Crippen LogP contribution in [-0.2, 0) is 9.13 Å². The molecular weight excluding hydrogens is 317 g/mol. The third kappa shape index (κ3) is 285. The van der Waals surface area contributed by atoms with Crippen molar-refractivity contribution in [1.29, 1.82) is 0 Å². The quantitative estimate of drug-likeness (QED) is 0.431. The smallest absolute Gasteiger partial charge is 0.598 e. The largest absolute Gasteiger partial charge is 4.00 e. The number of hydrogen-bond acceptors (Lipinski definition) is 6. The van der Waals surface area contributed by atoms with Gasteiger partial charge in [0.2, 0.25) is 0 Å². The number of rotatable bonds is 0. The van der Waals surface area contributed by atoms with Crippen LogP contribution in [-0.4, -0.2) is 0 Å². The summed E-state index contributed by atoms with van der Waals surface area (Å²) in [6.45, 7) is 0. The molecule has 0 saturated carbocycles. The van der Waals surface area contributed by atoms with Crippen molar-refractivity contribution in [3.63, 3.8) is 0 Å². The molecule has 9 heteroatoms. The normalized spacial score (nSPS) is 5.78. The second kappa shape index (κ2) is 12.0. The van der Waals surface area contributed by atoms with Crippen molar-refractivity contribution >= 4 is 16.5 Å². The fraction of sp³-hybridized carbons (Fsp3) is 0. The van der Waals surface area contributed by atoms with Gasteiger partial charge in [-0.1, -0.05) is 9.13 Å². The van der Waals surface area contributed by atoms with Gasteiger partial charge in [-0.2, -0.15) is 0 Å². The summed E-state index contributed by atoms with van der Waals surface area (Å²) in [5.41, 5.74) is 0. The van der Waals surface area contributed by atoms with Gasteiger partial charge in [0.1, 0.15) is 0 Å². The van der Waals surface area contributed by atoms with Crippen molar-refractivity contribution in [1.82, 2.24) is 0 Å². The van der Waals surface area contributed by atoms with Crippen LogP contribution in [0.1, 0.15) is 0 Å². The van der Waals surface area contributed by atoms with E-state index in [4.69, 9.17) is 28.7 Å². The van der Waals surface area contributed by atoms with E-state index in [-0.39, 0.29) is 38.6 Å². The zero-order chi connectivity index (χ0) is 7.15. The SMILES string of the molecule is O=[P+]([O-])[O-].O=[P+]([O-])[O-].[Tb+4]. The van der Waals surface area contributed by atoms with Crippen molar-refractivity contribution in [2.75, 3.05) is 0 Å². The molecule has 0 spiro atoms. The standard InChI is InChI=1S/2HO3P.Tb/c2*1-4(2)3;/h2*(H,1,2,3);/q;;+4/p-2. The molecule has 0 bridgehead atoms. The molecule has 0 aromatic heterocycles. The maximum Gasteiger partial charge on any atom is 4.00 e. The van der Waals surface area contributed by atoms with E-state index in [0.29, 0.717) is 0 Å². The zero-order valence-electron chi connectivity index (χ0n) is 3.68. The molecule has 0 amide bonds. The molecule has 6 nitrogen and oxygen atoms in total. The second-order valence-electron chi connectivity index (χ2n) is 0.447. The molecule has 53 valence electrons. The first-order valence-corrected chi connectivity index (χ1v) is 3.29. The zero-order valence-corrected chi connectivity index (χ0v) is 7.60. The molecule has 0 heterocycles. The summed E-state index contributed by atoms with van der Waals surface area (Å²) in [6.07, 6.45) is 0. The number of hydrogen-bond donors (Lipinski definition) is 0. The summed E-state index contributed by atoms with van der Waals surface area (Å²) in [6, 6.07) is 0. The third-order valence-electron chi connectivity index (χ3n) is 0. The Kier molecular flexibility index (Phi) is 22.4. The molecule has 0 atom stereocenters. The Morgan fingerprint density at radius 2 is 0.778 bits per heavy atom. The molecule has 1 radical (unpaired) electrons. The van der Waals surface area contributed by atoms with Crippen LogP contribution in [0.25, 0.3) is 0 Å². The molecule has 0 aliphatic carbocycles. The van der Waals surface area contributed by atoms with Crippen molar-refractivity contribution in [2.24, 2.45) is 0 Å². The van der Waals surface area contributed by atoms with Gasteiger partial charge in [0, 0.05) is 0 Å². The predicted molar refractivity (Wildman–Crippen MR) is 15.2 cm³/mol. The molecule has 0 aliphatic heterocycles. The van der Waals surface area contributed by atoms with Gasteiger partial charge in [0.25, 0.3) is 16.5 Å². The van der Waals surface area contributed by atoms with Crippen molar-refractivity contribution in [3.8, 4) is 0 Å². The molecule has 9 heavy (non-hydrogen) atoms. The van der Waals surface area contributed by atoms with E-state index in [2.05, 4.69) is 0 Å². The maximum atomic E-state index is 8.48. The average Bonchev–Trinajstić information content (AvgIpc) is 1.25. The molecule has 0 fully saturated rings. The van der Waals surface area contributed by atoms with Crippen LogP contribution < -0.4 is 19.6 Å². The first kappa shape index (κ1) is 16.7. The Bertz CT molecular complexity index is 69.1. The van der Waals surface area contributed by atoms with Gasteiger partial charge in [-0.25, -0.2) is 0 Å². The fourth-order valence-electron chi connectivity index (χ4n) is 0. The van der Waals surface area contributed by atoms with E-state index >= 15 is 0 Å². The Hall–Kier alpha value is 1.33. The van der Waals surface area contributed by atoms with Crippen molar-refractivity contribution in [2.45, 2.75) is 0 Å². The molecule has 0 aromatic rings. The van der Waals surface area contributed by atoms with Gasteiger partial charge in [-0.3, -0.25) is 0 Å². The first-order chi connectivity index (χ1) is 3.46. The third-order valence-corrected chi connectivity index (χ3v) is 0. The van der Waals surface area contributed by atoms with Gasteiger partial charge in [0.15, 0.2) is 0 Å². The summed E-state index contributed by atoms with van der Waals surface area (Å²) in [7, 11) is -6.74. The minimum Gasteiger partial charge on any atom is -0.598 e. The van der Waals surface area contributed by atoms with Crippen LogP contribution in [0, 0.1) is 38.6 Å². The van der Waals surface area contributed by atoms with Gasteiger partial charge < -0.3 is 19.6 Å². The van der Waals surface area contributed by atoms with E-state index in [9.17, 15) is 0 Å². The molecule has 0 aliphatic rings. The van der Waals surface area contributed by atoms with Crippen LogP contribution in [0.2, 0.25) is 0 Å². The Morgan fingerprint density at radius 3 is 0.778 bits per heavy atom. The van der Waals surface area contributed by atoms with Crippen molar-refractivity contribution in [3.05, 3.63) is 0 Å². The first-order valence-electron chi connectivity index (χ1n) is 1.10. The molecule has 0 N–H and O–H groups in total. The van der Waals surface area contributed by atoms with E-state index < -0.39 is 16.5 Å². The summed E-state index contributed by atoms with van der Waals surface area (Å²) in [5, 5.41) is 0. The summed E-state index contributed by atoms with van der Waals surface area (Å²) in [5.74, 6) is 0. The molecule has 0 rings (SSSR count). The summed E-state index contributed by atoms with van der Waals surface area (Å²) < 4.78 is 17.0. The Balaban J connectivity index is -0.0000000720. The second-order valence-corrected chi connectivity index (χ2v) is 1.34. The van der Waals surface area contributed by atoms with Gasteiger partial charge >= 0.3 is 38.6 Å². The molecule has 0 aromatic carbocycles. The van der Waals surface area contributed by atoms with Crippen LogP contribution >= 0.6 is 16.5 Å². The maximum absolute atomic E-state index is 8.48. The van der Waals surface area contributed by atoms with Crippen LogP contribution in [0.3, 0.4) is 0 Å².